The van der Waals surface area contributed by atoms with Crippen LogP contribution in [-0.4, -0.2) is 0 Å². The second-order valence-electron chi connectivity index (χ2n) is 3.91. The van der Waals surface area contributed by atoms with Crippen LogP contribution < -0.4 is 11.3 Å². The molecule has 100 valence electrons. The Bertz CT molecular complexity index is 605. The van der Waals surface area contributed by atoms with Gasteiger partial charge in [0, 0.05) is 10.0 Å². The fourth-order valence-corrected chi connectivity index (χ4v) is 2.79. The third-order valence-corrected chi connectivity index (χ3v) is 4.03. The normalized spacial score (nSPS) is 12.5. The zero-order valence-corrected chi connectivity index (χ0v) is 12.8. The summed E-state index contributed by atoms with van der Waals surface area (Å²) in [5, 5.41) is 0. The Hall–Kier alpha value is -0.820. The van der Waals surface area contributed by atoms with E-state index in [2.05, 4.69) is 37.3 Å². The maximum absolute atomic E-state index is 14.1. The maximum Gasteiger partial charge on any atom is 0.142 e. The van der Waals surface area contributed by atoms with Gasteiger partial charge in [0.05, 0.1) is 10.5 Å². The molecule has 1 unspecified atom stereocenters. The van der Waals surface area contributed by atoms with Crippen LogP contribution in [0.5, 0.6) is 0 Å². The fraction of sp³-hybridized carbons (Fsp3) is 0.0769. The monoisotopic (exact) mass is 390 g/mol. The molecule has 0 fully saturated rings. The molecule has 3 N–H and O–H groups in total. The van der Waals surface area contributed by atoms with Gasteiger partial charge in [-0.05, 0) is 39.7 Å². The number of halogens is 4. The lowest BCUT2D eigenvalue weighted by atomic mass is 9.99. The van der Waals surface area contributed by atoms with Crippen molar-refractivity contribution in [1.29, 1.82) is 0 Å². The highest BCUT2D eigenvalue weighted by atomic mass is 79.9. The minimum Gasteiger partial charge on any atom is -0.271 e. The first-order valence-corrected chi connectivity index (χ1v) is 6.98. The predicted molar refractivity (Wildman–Crippen MR) is 77.4 cm³/mol. The van der Waals surface area contributed by atoms with Crippen molar-refractivity contribution in [2.75, 3.05) is 0 Å². The number of hydrogen-bond acceptors (Lipinski definition) is 2. The lowest BCUT2D eigenvalue weighted by Gasteiger charge is -2.19. The molecular formula is C13H10Br2F2N2. The Kier molecular flexibility index (Phi) is 4.67. The van der Waals surface area contributed by atoms with Crippen molar-refractivity contribution >= 4 is 31.9 Å². The van der Waals surface area contributed by atoms with Gasteiger partial charge >= 0.3 is 0 Å². The summed E-state index contributed by atoms with van der Waals surface area (Å²) in [5.74, 6) is 4.74. The van der Waals surface area contributed by atoms with E-state index in [1.807, 2.05) is 0 Å². The van der Waals surface area contributed by atoms with Crippen LogP contribution in [0.15, 0.2) is 45.3 Å². The number of benzene rings is 2. The van der Waals surface area contributed by atoms with E-state index in [4.69, 9.17) is 5.84 Å². The Morgan fingerprint density at radius 3 is 2.37 bits per heavy atom. The molecule has 0 aromatic heterocycles. The number of hydrogen-bond donors (Lipinski definition) is 2. The first-order valence-electron chi connectivity index (χ1n) is 5.39. The van der Waals surface area contributed by atoms with Gasteiger partial charge < -0.3 is 0 Å². The van der Waals surface area contributed by atoms with Crippen LogP contribution >= 0.6 is 31.9 Å². The molecule has 2 aromatic rings. The molecule has 0 heterocycles. The van der Waals surface area contributed by atoms with Gasteiger partial charge in [-0.1, -0.05) is 34.1 Å². The average molecular weight is 392 g/mol. The van der Waals surface area contributed by atoms with Crippen molar-refractivity contribution in [3.8, 4) is 0 Å². The van der Waals surface area contributed by atoms with Crippen molar-refractivity contribution < 1.29 is 8.78 Å². The van der Waals surface area contributed by atoms with Gasteiger partial charge in [0.1, 0.15) is 11.6 Å². The lowest BCUT2D eigenvalue weighted by molar-refractivity contribution is 0.553. The Balaban J connectivity index is 2.53. The third-order valence-electron chi connectivity index (χ3n) is 2.73. The molecular weight excluding hydrogens is 382 g/mol. The summed E-state index contributed by atoms with van der Waals surface area (Å²) >= 11 is 6.39. The molecule has 0 saturated heterocycles. The summed E-state index contributed by atoms with van der Waals surface area (Å²) in [5.41, 5.74) is 3.58. The summed E-state index contributed by atoms with van der Waals surface area (Å²) < 4.78 is 28.1. The van der Waals surface area contributed by atoms with Gasteiger partial charge in [0.2, 0.25) is 0 Å². The molecule has 0 spiro atoms. The van der Waals surface area contributed by atoms with E-state index in [9.17, 15) is 8.78 Å². The zero-order chi connectivity index (χ0) is 14.0. The second kappa shape index (κ2) is 6.09. The van der Waals surface area contributed by atoms with Gasteiger partial charge in [-0.25, -0.2) is 14.2 Å². The van der Waals surface area contributed by atoms with Gasteiger partial charge in [0.25, 0.3) is 0 Å². The Labute approximate surface area is 126 Å². The van der Waals surface area contributed by atoms with Crippen molar-refractivity contribution in [3.05, 3.63) is 68.1 Å². The smallest absolute Gasteiger partial charge is 0.142 e. The summed E-state index contributed by atoms with van der Waals surface area (Å²) in [7, 11) is 0. The van der Waals surface area contributed by atoms with Crippen molar-refractivity contribution in [2.24, 2.45) is 5.84 Å². The first-order chi connectivity index (χ1) is 9.04. The summed E-state index contributed by atoms with van der Waals surface area (Å²) in [6.07, 6.45) is 0. The Morgan fingerprint density at radius 1 is 1.00 bits per heavy atom. The highest BCUT2D eigenvalue weighted by molar-refractivity contribution is 9.10. The van der Waals surface area contributed by atoms with Crippen LogP contribution in [-0.2, 0) is 0 Å². The number of hydrazine groups is 1. The van der Waals surface area contributed by atoms with Gasteiger partial charge in [-0.15, -0.1) is 0 Å². The number of nitrogens with two attached hydrogens (primary N) is 1. The van der Waals surface area contributed by atoms with E-state index in [0.29, 0.717) is 20.1 Å². The highest BCUT2D eigenvalue weighted by Crippen LogP contribution is 2.32. The molecule has 0 aliphatic heterocycles. The first kappa shape index (κ1) is 14.6. The molecule has 0 radical (unpaired) electrons. The quantitative estimate of drug-likeness (QED) is 0.612. The molecule has 6 heteroatoms. The lowest BCUT2D eigenvalue weighted by Crippen LogP contribution is -2.30. The summed E-state index contributed by atoms with van der Waals surface area (Å²) in [6, 6.07) is 8.55. The molecule has 2 rings (SSSR count). The SMILES string of the molecule is NNC(c1ccc(F)cc1Br)c1cccc(Br)c1F. The van der Waals surface area contributed by atoms with Gasteiger partial charge in [-0.2, -0.15) is 0 Å². The minimum atomic E-state index is -0.576. The Morgan fingerprint density at radius 2 is 1.74 bits per heavy atom. The van der Waals surface area contributed by atoms with E-state index >= 15 is 0 Å². The molecule has 0 amide bonds. The molecule has 2 aromatic carbocycles. The minimum absolute atomic E-state index is 0.350. The molecule has 0 saturated carbocycles. The molecule has 0 bridgehead atoms. The van der Waals surface area contributed by atoms with Crippen molar-refractivity contribution in [3.63, 3.8) is 0 Å². The van der Waals surface area contributed by atoms with Crippen LogP contribution in [0.3, 0.4) is 0 Å². The van der Waals surface area contributed by atoms with E-state index in [1.54, 1.807) is 24.3 Å². The van der Waals surface area contributed by atoms with E-state index in [1.165, 1.54) is 12.1 Å². The summed E-state index contributed by atoms with van der Waals surface area (Å²) in [4.78, 5) is 0. The van der Waals surface area contributed by atoms with Gasteiger partial charge in [-0.3, -0.25) is 5.84 Å². The van der Waals surface area contributed by atoms with Crippen LogP contribution in [0, 0.1) is 11.6 Å². The molecule has 0 aliphatic rings. The fourth-order valence-electron chi connectivity index (χ4n) is 1.83. The largest absolute Gasteiger partial charge is 0.271 e. The number of nitrogens with one attached hydrogen (secondary N) is 1. The summed E-state index contributed by atoms with van der Waals surface area (Å²) in [6.45, 7) is 0. The standard InChI is InChI=1S/C13H10Br2F2N2/c14-10-3-1-2-9(12(10)17)13(19-18)8-5-4-7(16)6-11(8)15/h1-6,13,19H,18H2. The van der Waals surface area contributed by atoms with Crippen molar-refractivity contribution in [2.45, 2.75) is 6.04 Å². The van der Waals surface area contributed by atoms with E-state index < -0.39 is 11.9 Å². The van der Waals surface area contributed by atoms with Crippen molar-refractivity contribution in [1.82, 2.24) is 5.43 Å². The number of rotatable bonds is 3. The topological polar surface area (TPSA) is 38.0 Å². The van der Waals surface area contributed by atoms with Crippen LogP contribution in [0.4, 0.5) is 8.78 Å². The highest BCUT2D eigenvalue weighted by Gasteiger charge is 2.20. The van der Waals surface area contributed by atoms with E-state index in [-0.39, 0.29) is 5.82 Å². The molecule has 1 atom stereocenters. The second-order valence-corrected chi connectivity index (χ2v) is 5.62. The van der Waals surface area contributed by atoms with Gasteiger partial charge in [0.15, 0.2) is 0 Å². The van der Waals surface area contributed by atoms with Crippen LogP contribution in [0.1, 0.15) is 17.2 Å². The molecule has 2 nitrogen and oxygen atoms in total. The zero-order valence-electron chi connectivity index (χ0n) is 9.63. The average Bonchev–Trinajstić information content (AvgIpc) is 2.37. The third kappa shape index (κ3) is 3.02. The molecule has 0 aliphatic carbocycles. The van der Waals surface area contributed by atoms with Crippen LogP contribution in [0.2, 0.25) is 0 Å². The van der Waals surface area contributed by atoms with E-state index in [0.717, 1.165) is 0 Å². The van der Waals surface area contributed by atoms with Crippen LogP contribution in [0.25, 0.3) is 0 Å². The predicted octanol–water partition coefficient (Wildman–Crippen LogP) is 4.04. The molecule has 19 heavy (non-hydrogen) atoms. The maximum atomic E-state index is 14.1.